The molecule has 72 valence electrons. The van der Waals surface area contributed by atoms with Gasteiger partial charge in [-0.2, -0.15) is 0 Å². The smallest absolute Gasteiger partial charge is 0.0912 e. The molecule has 0 aromatic rings. The van der Waals surface area contributed by atoms with Crippen LogP contribution in [-0.4, -0.2) is 23.4 Å². The predicted molar refractivity (Wildman–Crippen MR) is 49.1 cm³/mol. The first-order valence-electron chi connectivity index (χ1n) is 5.01. The molecule has 1 fully saturated rings. The molecule has 1 heterocycles. The Morgan fingerprint density at radius 1 is 1.50 bits per heavy atom. The normalized spacial score (nSPS) is 33.2. The van der Waals surface area contributed by atoms with Crippen LogP contribution in [0.4, 0.5) is 0 Å². The molecule has 1 rings (SSSR count). The van der Waals surface area contributed by atoms with Crippen LogP contribution < -0.4 is 0 Å². The van der Waals surface area contributed by atoms with Crippen molar-refractivity contribution in [2.75, 3.05) is 6.61 Å². The first kappa shape index (κ1) is 10.0. The molecule has 1 N–H and O–H groups in total. The minimum atomic E-state index is -0.275. The summed E-state index contributed by atoms with van der Waals surface area (Å²) in [7, 11) is 0. The Labute approximate surface area is 74.9 Å². The molecular weight excluding hydrogens is 152 g/mol. The molecule has 0 spiro atoms. The van der Waals surface area contributed by atoms with Gasteiger partial charge in [-0.3, -0.25) is 0 Å². The summed E-state index contributed by atoms with van der Waals surface area (Å²) in [5, 5.41) is 9.81. The van der Waals surface area contributed by atoms with Crippen molar-refractivity contribution in [3.05, 3.63) is 0 Å². The topological polar surface area (TPSA) is 29.5 Å². The van der Waals surface area contributed by atoms with E-state index in [1.807, 2.05) is 6.92 Å². The molecule has 12 heavy (non-hydrogen) atoms. The number of hydrogen-bond acceptors (Lipinski definition) is 2. The molecule has 2 nitrogen and oxygen atoms in total. The Balaban J connectivity index is 2.44. The van der Waals surface area contributed by atoms with Gasteiger partial charge in [0.2, 0.25) is 0 Å². The van der Waals surface area contributed by atoms with Crippen LogP contribution in [-0.2, 0) is 4.74 Å². The zero-order valence-corrected chi connectivity index (χ0v) is 8.18. The third-order valence-electron chi connectivity index (χ3n) is 2.77. The molecule has 0 radical (unpaired) electrons. The summed E-state index contributed by atoms with van der Waals surface area (Å²) in [6.45, 7) is 4.94. The highest BCUT2D eigenvalue weighted by atomic mass is 16.5. The van der Waals surface area contributed by atoms with E-state index in [-0.39, 0.29) is 11.7 Å². The quantitative estimate of drug-likeness (QED) is 0.706. The van der Waals surface area contributed by atoms with Gasteiger partial charge in [0.15, 0.2) is 0 Å². The van der Waals surface area contributed by atoms with Crippen molar-refractivity contribution < 1.29 is 9.84 Å². The summed E-state index contributed by atoms with van der Waals surface area (Å²) in [6, 6.07) is 0. The van der Waals surface area contributed by atoms with Gasteiger partial charge in [0, 0.05) is 6.61 Å². The van der Waals surface area contributed by atoms with Gasteiger partial charge in [0.05, 0.1) is 11.7 Å². The van der Waals surface area contributed by atoms with Crippen LogP contribution in [0, 0.1) is 0 Å². The van der Waals surface area contributed by atoms with Gasteiger partial charge in [-0.25, -0.2) is 0 Å². The van der Waals surface area contributed by atoms with Gasteiger partial charge < -0.3 is 9.84 Å². The average Bonchev–Trinajstić information content (AvgIpc) is 2.06. The minimum absolute atomic E-state index is 0.256. The average molecular weight is 172 g/mol. The fourth-order valence-corrected chi connectivity index (χ4v) is 1.80. The van der Waals surface area contributed by atoms with Crippen molar-refractivity contribution in [1.29, 1.82) is 0 Å². The van der Waals surface area contributed by atoms with Crippen LogP contribution in [0.15, 0.2) is 0 Å². The molecule has 0 amide bonds. The van der Waals surface area contributed by atoms with Gasteiger partial charge in [0.25, 0.3) is 0 Å². The first-order chi connectivity index (χ1) is 5.69. The molecule has 1 unspecified atom stereocenters. The molecule has 0 saturated carbocycles. The van der Waals surface area contributed by atoms with Crippen LogP contribution in [0.2, 0.25) is 0 Å². The summed E-state index contributed by atoms with van der Waals surface area (Å²) in [6.07, 6.45) is 4.96. The van der Waals surface area contributed by atoms with Crippen molar-refractivity contribution in [2.24, 2.45) is 0 Å². The summed E-state index contributed by atoms with van der Waals surface area (Å²) < 4.78 is 5.63. The second-order valence-corrected chi connectivity index (χ2v) is 3.92. The second-order valence-electron chi connectivity index (χ2n) is 3.92. The third kappa shape index (κ3) is 2.20. The fraction of sp³-hybridized carbons (Fsp3) is 1.00. The highest BCUT2D eigenvalue weighted by Crippen LogP contribution is 2.29. The van der Waals surface area contributed by atoms with Crippen molar-refractivity contribution in [1.82, 2.24) is 0 Å². The molecule has 2 atom stereocenters. The van der Waals surface area contributed by atoms with Crippen LogP contribution in [0.1, 0.15) is 46.0 Å². The monoisotopic (exact) mass is 172 g/mol. The summed E-state index contributed by atoms with van der Waals surface area (Å²) in [5.41, 5.74) is -0.256. The Bertz CT molecular complexity index is 128. The largest absolute Gasteiger partial charge is 0.390 e. The fourth-order valence-electron chi connectivity index (χ4n) is 1.80. The maximum absolute atomic E-state index is 9.81. The number of rotatable bonds is 3. The van der Waals surface area contributed by atoms with E-state index in [4.69, 9.17) is 4.74 Å². The van der Waals surface area contributed by atoms with Crippen LogP contribution in [0.3, 0.4) is 0 Å². The molecule has 0 aromatic heterocycles. The lowest BCUT2D eigenvalue weighted by atomic mass is 9.88. The summed E-state index contributed by atoms with van der Waals surface area (Å²) >= 11 is 0. The van der Waals surface area contributed by atoms with E-state index in [0.717, 1.165) is 32.3 Å². The SMILES string of the molecule is CCC[C@H](O)C1(C)CCCCO1. The Morgan fingerprint density at radius 2 is 2.25 bits per heavy atom. The molecule has 2 heteroatoms. The lowest BCUT2D eigenvalue weighted by Crippen LogP contribution is -2.44. The molecule has 1 aliphatic heterocycles. The van der Waals surface area contributed by atoms with E-state index >= 15 is 0 Å². The standard InChI is InChI=1S/C10H20O2/c1-3-6-9(11)10(2)7-4-5-8-12-10/h9,11H,3-8H2,1-2H3/t9-,10?/m0/s1. The predicted octanol–water partition coefficient (Wildman–Crippen LogP) is 2.11. The summed E-state index contributed by atoms with van der Waals surface area (Å²) in [4.78, 5) is 0. The van der Waals surface area contributed by atoms with Gasteiger partial charge in [-0.1, -0.05) is 13.3 Å². The van der Waals surface area contributed by atoms with Crippen molar-refractivity contribution in [3.63, 3.8) is 0 Å². The third-order valence-corrected chi connectivity index (χ3v) is 2.77. The zero-order chi connectivity index (χ0) is 9.03. The van der Waals surface area contributed by atoms with E-state index < -0.39 is 0 Å². The van der Waals surface area contributed by atoms with Crippen LogP contribution in [0.25, 0.3) is 0 Å². The number of hydrogen-bond donors (Lipinski definition) is 1. The highest BCUT2D eigenvalue weighted by Gasteiger charge is 2.34. The molecule has 0 aromatic carbocycles. The lowest BCUT2D eigenvalue weighted by molar-refractivity contribution is -0.138. The van der Waals surface area contributed by atoms with Crippen molar-refractivity contribution >= 4 is 0 Å². The van der Waals surface area contributed by atoms with E-state index in [1.54, 1.807) is 0 Å². The van der Waals surface area contributed by atoms with E-state index in [1.165, 1.54) is 6.42 Å². The van der Waals surface area contributed by atoms with Gasteiger partial charge in [0.1, 0.15) is 0 Å². The maximum Gasteiger partial charge on any atom is 0.0912 e. The van der Waals surface area contributed by atoms with Crippen LogP contribution in [0.5, 0.6) is 0 Å². The van der Waals surface area contributed by atoms with E-state index in [9.17, 15) is 5.11 Å². The molecule has 0 aliphatic carbocycles. The lowest BCUT2D eigenvalue weighted by Gasteiger charge is -2.37. The molecule has 1 aliphatic rings. The number of aliphatic hydroxyl groups excluding tert-OH is 1. The van der Waals surface area contributed by atoms with Gasteiger partial charge in [-0.05, 0) is 32.6 Å². The van der Waals surface area contributed by atoms with E-state index in [0.29, 0.717) is 0 Å². The van der Waals surface area contributed by atoms with Crippen molar-refractivity contribution in [2.45, 2.75) is 57.7 Å². The minimum Gasteiger partial charge on any atom is -0.390 e. The van der Waals surface area contributed by atoms with Crippen LogP contribution >= 0.6 is 0 Å². The van der Waals surface area contributed by atoms with Gasteiger partial charge >= 0.3 is 0 Å². The van der Waals surface area contributed by atoms with E-state index in [2.05, 4.69) is 6.92 Å². The molecular formula is C10H20O2. The number of aliphatic hydroxyl groups is 1. The first-order valence-corrected chi connectivity index (χ1v) is 5.01. The Kier molecular flexibility index (Phi) is 3.53. The maximum atomic E-state index is 9.81. The number of ether oxygens (including phenoxy) is 1. The Morgan fingerprint density at radius 3 is 2.75 bits per heavy atom. The molecule has 0 bridgehead atoms. The Hall–Kier alpha value is -0.0800. The summed E-state index contributed by atoms with van der Waals surface area (Å²) in [5.74, 6) is 0. The second kappa shape index (κ2) is 4.24. The van der Waals surface area contributed by atoms with Crippen molar-refractivity contribution in [3.8, 4) is 0 Å². The van der Waals surface area contributed by atoms with Gasteiger partial charge in [-0.15, -0.1) is 0 Å². The zero-order valence-electron chi connectivity index (χ0n) is 8.18. The highest BCUT2D eigenvalue weighted by molar-refractivity contribution is 4.85. The molecule has 1 saturated heterocycles.